The van der Waals surface area contributed by atoms with Crippen LogP contribution in [-0.4, -0.2) is 21.0 Å². The first-order valence-corrected chi connectivity index (χ1v) is 7.17. The molecule has 3 N–H and O–H groups in total. The Hall–Kier alpha value is -2.37. The fraction of sp³-hybridized carbons (Fsp3) is 0.125. The van der Waals surface area contributed by atoms with E-state index in [1.807, 2.05) is 12.1 Å². The summed E-state index contributed by atoms with van der Waals surface area (Å²) in [4.78, 5) is 19.2. The van der Waals surface area contributed by atoms with Crippen molar-refractivity contribution in [3.8, 4) is 0 Å². The number of H-pyrrole nitrogens is 1. The Balaban J connectivity index is 1.69. The fourth-order valence-electron chi connectivity index (χ4n) is 2.25. The van der Waals surface area contributed by atoms with E-state index >= 15 is 0 Å². The van der Waals surface area contributed by atoms with Crippen molar-refractivity contribution in [2.45, 2.75) is 12.5 Å². The lowest BCUT2D eigenvalue weighted by Crippen LogP contribution is -2.15. The first kappa shape index (κ1) is 14.6. The molecule has 0 aliphatic carbocycles. The van der Waals surface area contributed by atoms with Crippen molar-refractivity contribution in [3.63, 3.8) is 0 Å². The number of para-hydroxylation sites is 1. The lowest BCUT2D eigenvalue weighted by atomic mass is 10.1. The van der Waals surface area contributed by atoms with Crippen LogP contribution in [0, 0.1) is 0 Å². The Morgan fingerprint density at radius 1 is 1.27 bits per heavy atom. The molecule has 2 aromatic carbocycles. The van der Waals surface area contributed by atoms with Crippen molar-refractivity contribution < 1.29 is 9.90 Å². The minimum Gasteiger partial charge on any atom is -0.388 e. The number of aromatic nitrogens is 2. The molecule has 1 amide bonds. The van der Waals surface area contributed by atoms with Gasteiger partial charge < -0.3 is 15.4 Å². The number of rotatable bonds is 4. The largest absolute Gasteiger partial charge is 0.388 e. The fourth-order valence-corrected chi connectivity index (χ4v) is 2.37. The number of benzene rings is 2. The third-order valence-corrected chi connectivity index (χ3v) is 3.61. The second-order valence-corrected chi connectivity index (χ2v) is 5.36. The molecule has 1 heterocycles. The van der Waals surface area contributed by atoms with Gasteiger partial charge in [-0.2, -0.15) is 0 Å². The highest BCUT2D eigenvalue weighted by atomic mass is 35.5. The summed E-state index contributed by atoms with van der Waals surface area (Å²) in [5.74, 6) is -0.280. The summed E-state index contributed by atoms with van der Waals surface area (Å²) >= 11 is 5.80. The van der Waals surface area contributed by atoms with Crippen LogP contribution in [0.3, 0.4) is 0 Å². The van der Waals surface area contributed by atoms with E-state index in [1.54, 1.807) is 36.7 Å². The quantitative estimate of drug-likeness (QED) is 0.691. The number of aliphatic hydroxyl groups is 1. The molecule has 112 valence electrons. The van der Waals surface area contributed by atoms with Crippen molar-refractivity contribution in [2.24, 2.45) is 0 Å². The number of hydrogen-bond donors (Lipinski definition) is 3. The smallest absolute Gasteiger partial charge is 0.227 e. The summed E-state index contributed by atoms with van der Waals surface area (Å²) in [6.07, 6.45) is 0.654. The van der Waals surface area contributed by atoms with Gasteiger partial charge in [-0.3, -0.25) is 4.79 Å². The maximum atomic E-state index is 12.1. The molecule has 3 aromatic rings. The number of carbonyl (C=O) groups is 1. The van der Waals surface area contributed by atoms with Crippen molar-refractivity contribution in [3.05, 3.63) is 59.4 Å². The molecule has 0 aliphatic heterocycles. The highest BCUT2D eigenvalue weighted by Gasteiger charge is 2.14. The van der Waals surface area contributed by atoms with Gasteiger partial charge in [-0.1, -0.05) is 29.8 Å². The number of nitrogens with one attached hydrogen (secondary N) is 2. The Morgan fingerprint density at radius 3 is 2.82 bits per heavy atom. The zero-order valence-electron chi connectivity index (χ0n) is 11.6. The lowest BCUT2D eigenvalue weighted by Gasteiger charge is -2.11. The number of hydrogen-bond acceptors (Lipinski definition) is 3. The molecular formula is C16H14ClN3O2. The van der Waals surface area contributed by atoms with E-state index in [9.17, 15) is 9.90 Å². The van der Waals surface area contributed by atoms with E-state index in [-0.39, 0.29) is 12.3 Å². The normalized spacial score (nSPS) is 12.3. The molecule has 22 heavy (non-hydrogen) atoms. The zero-order chi connectivity index (χ0) is 15.5. The van der Waals surface area contributed by atoms with Crippen LogP contribution < -0.4 is 5.32 Å². The first-order chi connectivity index (χ1) is 10.6. The SMILES string of the molecule is O=C(CC(O)c1ccc(Cl)cc1)Nc1cccc2[nH]cnc12. The van der Waals surface area contributed by atoms with Gasteiger partial charge in [-0.05, 0) is 29.8 Å². The minimum absolute atomic E-state index is 0.0392. The molecule has 0 fully saturated rings. The first-order valence-electron chi connectivity index (χ1n) is 6.79. The molecule has 0 bridgehead atoms. The van der Waals surface area contributed by atoms with Crippen LogP contribution in [0.5, 0.6) is 0 Å². The van der Waals surface area contributed by atoms with Crippen LogP contribution in [0.4, 0.5) is 5.69 Å². The highest BCUT2D eigenvalue weighted by Crippen LogP contribution is 2.22. The molecule has 0 saturated heterocycles. The standard InChI is InChI=1S/C16H14ClN3O2/c17-11-6-4-10(5-7-11)14(21)8-15(22)20-13-3-1-2-12-16(13)19-9-18-12/h1-7,9,14,21H,8H2,(H,18,19)(H,20,22). The van der Waals surface area contributed by atoms with Crippen LogP contribution >= 0.6 is 11.6 Å². The molecule has 0 aliphatic rings. The molecule has 0 radical (unpaired) electrons. The number of aromatic amines is 1. The maximum Gasteiger partial charge on any atom is 0.227 e. The monoisotopic (exact) mass is 315 g/mol. The van der Waals surface area contributed by atoms with Gasteiger partial charge in [0.2, 0.25) is 5.91 Å². The average molecular weight is 316 g/mol. The summed E-state index contributed by atoms with van der Waals surface area (Å²) in [6, 6.07) is 12.2. The summed E-state index contributed by atoms with van der Waals surface area (Å²) in [6.45, 7) is 0. The second-order valence-electron chi connectivity index (χ2n) is 4.92. The van der Waals surface area contributed by atoms with Gasteiger partial charge in [0.05, 0.1) is 30.1 Å². The average Bonchev–Trinajstić information content (AvgIpc) is 2.97. The predicted molar refractivity (Wildman–Crippen MR) is 85.8 cm³/mol. The van der Waals surface area contributed by atoms with E-state index < -0.39 is 6.10 Å². The molecular weight excluding hydrogens is 302 g/mol. The van der Waals surface area contributed by atoms with E-state index in [0.29, 0.717) is 21.8 Å². The van der Waals surface area contributed by atoms with Crippen LogP contribution in [0.15, 0.2) is 48.8 Å². The maximum absolute atomic E-state index is 12.1. The number of carbonyl (C=O) groups excluding carboxylic acids is 1. The van der Waals surface area contributed by atoms with Crippen LogP contribution in [-0.2, 0) is 4.79 Å². The molecule has 3 rings (SSSR count). The van der Waals surface area contributed by atoms with Crippen molar-refractivity contribution in [2.75, 3.05) is 5.32 Å². The van der Waals surface area contributed by atoms with E-state index in [0.717, 1.165) is 5.52 Å². The predicted octanol–water partition coefficient (Wildman–Crippen LogP) is 3.28. The number of halogens is 1. The topological polar surface area (TPSA) is 78.0 Å². The van der Waals surface area contributed by atoms with Crippen LogP contribution in [0.25, 0.3) is 11.0 Å². The van der Waals surface area contributed by atoms with Gasteiger partial charge in [0, 0.05) is 5.02 Å². The van der Waals surface area contributed by atoms with E-state index in [1.165, 1.54) is 0 Å². The Bertz CT molecular complexity index is 799. The van der Waals surface area contributed by atoms with Gasteiger partial charge >= 0.3 is 0 Å². The zero-order valence-corrected chi connectivity index (χ0v) is 12.3. The molecule has 1 unspecified atom stereocenters. The molecule has 5 nitrogen and oxygen atoms in total. The second kappa shape index (κ2) is 6.17. The number of amides is 1. The van der Waals surface area contributed by atoms with Gasteiger partial charge in [0.15, 0.2) is 0 Å². The molecule has 0 saturated carbocycles. The summed E-state index contributed by atoms with van der Waals surface area (Å²) in [5, 5.41) is 13.5. The molecule has 6 heteroatoms. The minimum atomic E-state index is -0.879. The summed E-state index contributed by atoms with van der Waals surface area (Å²) in [7, 11) is 0. The number of fused-ring (bicyclic) bond motifs is 1. The lowest BCUT2D eigenvalue weighted by molar-refractivity contribution is -0.118. The van der Waals surface area contributed by atoms with Gasteiger partial charge in [0.25, 0.3) is 0 Å². The molecule has 1 aromatic heterocycles. The molecule has 0 spiro atoms. The Kier molecular flexibility index (Phi) is 4.09. The van der Waals surface area contributed by atoms with E-state index in [2.05, 4.69) is 15.3 Å². The molecule has 1 atom stereocenters. The number of anilines is 1. The Labute approximate surface area is 132 Å². The number of nitrogens with zero attached hydrogens (tertiary/aromatic N) is 1. The summed E-state index contributed by atoms with van der Waals surface area (Å²) in [5.41, 5.74) is 2.80. The van der Waals surface area contributed by atoms with Crippen LogP contribution in [0.2, 0.25) is 5.02 Å². The van der Waals surface area contributed by atoms with E-state index in [4.69, 9.17) is 11.6 Å². The van der Waals surface area contributed by atoms with Crippen molar-refractivity contribution in [1.82, 2.24) is 9.97 Å². The summed E-state index contributed by atoms with van der Waals surface area (Å²) < 4.78 is 0. The van der Waals surface area contributed by atoms with Crippen molar-refractivity contribution >= 4 is 34.2 Å². The number of imidazole rings is 1. The van der Waals surface area contributed by atoms with Gasteiger partial charge in [-0.25, -0.2) is 4.98 Å². The number of aliphatic hydroxyl groups excluding tert-OH is 1. The third-order valence-electron chi connectivity index (χ3n) is 3.36. The van der Waals surface area contributed by atoms with Crippen LogP contribution in [0.1, 0.15) is 18.1 Å². The Morgan fingerprint density at radius 2 is 2.05 bits per heavy atom. The highest BCUT2D eigenvalue weighted by molar-refractivity contribution is 6.30. The van der Waals surface area contributed by atoms with Gasteiger partial charge in [0.1, 0.15) is 5.52 Å². The van der Waals surface area contributed by atoms with Gasteiger partial charge in [-0.15, -0.1) is 0 Å². The van der Waals surface area contributed by atoms with Crippen molar-refractivity contribution in [1.29, 1.82) is 0 Å². The third kappa shape index (κ3) is 3.10.